The first-order valence-corrected chi connectivity index (χ1v) is 17.8. The number of rotatable bonds is 27. The van der Waals surface area contributed by atoms with Gasteiger partial charge in [0, 0.05) is 13.0 Å². The van der Waals surface area contributed by atoms with Crippen LogP contribution < -0.4 is 0 Å². The Morgan fingerprint density at radius 2 is 1.43 bits per heavy atom. The molecule has 13 heteroatoms. The maximum Gasteiger partial charge on any atom is 0.397 e. The fourth-order valence-corrected chi connectivity index (χ4v) is 5.39. The Bertz CT molecular complexity index is 853. The van der Waals surface area contributed by atoms with E-state index in [1.807, 2.05) is 6.92 Å². The van der Waals surface area contributed by atoms with Crippen molar-refractivity contribution in [2.45, 2.75) is 153 Å². The molecule has 0 aromatic rings. The molecule has 1 rings (SSSR count). The van der Waals surface area contributed by atoms with Gasteiger partial charge in [0.25, 0.3) is 0 Å². The van der Waals surface area contributed by atoms with E-state index in [1.54, 1.807) is 0 Å². The average molecular weight is 655 g/mol. The molecule has 44 heavy (non-hydrogen) atoms. The second-order valence-corrected chi connectivity index (χ2v) is 12.5. The van der Waals surface area contributed by atoms with Crippen LogP contribution in [0.15, 0.2) is 12.2 Å². The largest absolute Gasteiger partial charge is 0.457 e. The van der Waals surface area contributed by atoms with Crippen molar-refractivity contribution in [2.24, 2.45) is 0 Å². The lowest BCUT2D eigenvalue weighted by atomic mass is 9.99. The lowest BCUT2D eigenvalue weighted by molar-refractivity contribution is -0.301. The number of aliphatic hydroxyl groups excluding tert-OH is 3. The van der Waals surface area contributed by atoms with Crippen LogP contribution in [0.4, 0.5) is 0 Å². The second kappa shape index (κ2) is 25.0. The minimum absolute atomic E-state index is 0.0281. The van der Waals surface area contributed by atoms with Gasteiger partial charge in [-0.25, -0.2) is 4.18 Å². The van der Waals surface area contributed by atoms with Gasteiger partial charge in [0.05, 0.1) is 19.8 Å². The van der Waals surface area contributed by atoms with E-state index < -0.39 is 59.8 Å². The van der Waals surface area contributed by atoms with Crippen molar-refractivity contribution in [1.82, 2.24) is 0 Å². The normalized spacial score (nSPS) is 23.3. The Kier molecular flexibility index (Phi) is 23.2. The third-order valence-corrected chi connectivity index (χ3v) is 7.82. The molecule has 12 nitrogen and oxygen atoms in total. The molecule has 0 saturated carbocycles. The summed E-state index contributed by atoms with van der Waals surface area (Å²) in [6, 6.07) is 0. The van der Waals surface area contributed by atoms with Gasteiger partial charge < -0.3 is 34.3 Å². The molecule has 260 valence electrons. The number of ether oxygens (including phenoxy) is 4. The molecule has 1 heterocycles. The molecule has 0 spiro atoms. The van der Waals surface area contributed by atoms with Crippen LogP contribution in [0.25, 0.3) is 0 Å². The summed E-state index contributed by atoms with van der Waals surface area (Å²) in [5.74, 6) is -0.455. The molecule has 1 saturated heterocycles. The van der Waals surface area contributed by atoms with E-state index in [2.05, 4.69) is 23.3 Å². The summed E-state index contributed by atoms with van der Waals surface area (Å²) in [7, 11) is -5.04. The van der Waals surface area contributed by atoms with Gasteiger partial charge in [0.2, 0.25) is 0 Å². The Morgan fingerprint density at radius 3 is 2.00 bits per heavy atom. The van der Waals surface area contributed by atoms with E-state index >= 15 is 0 Å². The number of hydrogen-bond donors (Lipinski definition) is 4. The second-order valence-electron chi connectivity index (χ2n) is 11.4. The van der Waals surface area contributed by atoms with Gasteiger partial charge in [0.15, 0.2) is 6.29 Å². The molecule has 0 aromatic carbocycles. The van der Waals surface area contributed by atoms with Gasteiger partial charge in [-0.15, -0.1) is 0 Å². The molecule has 1 fully saturated rings. The number of allylic oxidation sites excluding steroid dienone is 2. The molecule has 6 unspecified atom stereocenters. The first-order valence-electron chi connectivity index (χ1n) is 16.4. The molecule has 6 atom stereocenters. The predicted octanol–water partition coefficient (Wildman–Crippen LogP) is 4.40. The van der Waals surface area contributed by atoms with Gasteiger partial charge in [-0.3, -0.25) is 9.35 Å². The number of hydrogen-bond acceptors (Lipinski definition) is 11. The van der Waals surface area contributed by atoms with Crippen LogP contribution >= 0.6 is 0 Å². The number of unbranched alkanes of at least 4 members (excludes halogenated alkanes) is 12. The fraction of sp³-hybridized carbons (Fsp3) is 0.903. The highest BCUT2D eigenvalue weighted by atomic mass is 32.3. The van der Waals surface area contributed by atoms with Crippen molar-refractivity contribution < 1.29 is 56.2 Å². The van der Waals surface area contributed by atoms with Crippen LogP contribution in [0.5, 0.6) is 0 Å². The SMILES string of the molecule is CCCCCCCC/C=C\CCCCCCCCOCC(COC1OC(CO)C(O)C(OS(=O)(=O)O)C1O)OC(=O)CCC. The van der Waals surface area contributed by atoms with Gasteiger partial charge in [-0.05, 0) is 38.5 Å². The summed E-state index contributed by atoms with van der Waals surface area (Å²) >= 11 is 0. The van der Waals surface area contributed by atoms with Crippen molar-refractivity contribution in [3.05, 3.63) is 12.2 Å². The van der Waals surface area contributed by atoms with Crippen LogP contribution in [0.1, 0.15) is 117 Å². The third kappa shape index (κ3) is 19.4. The summed E-state index contributed by atoms with van der Waals surface area (Å²) in [5.41, 5.74) is 0. The van der Waals surface area contributed by atoms with E-state index in [9.17, 15) is 28.5 Å². The molecule has 1 aliphatic rings. The Hall–Kier alpha value is -1.16. The summed E-state index contributed by atoms with van der Waals surface area (Å²) < 4.78 is 57.8. The van der Waals surface area contributed by atoms with Crippen LogP contribution in [0.3, 0.4) is 0 Å². The van der Waals surface area contributed by atoms with Crippen LogP contribution in [-0.2, 0) is 38.3 Å². The Morgan fingerprint density at radius 1 is 0.841 bits per heavy atom. The molecule has 0 aliphatic carbocycles. The highest BCUT2D eigenvalue weighted by Crippen LogP contribution is 2.26. The minimum Gasteiger partial charge on any atom is -0.457 e. The van der Waals surface area contributed by atoms with Crippen LogP contribution in [0.2, 0.25) is 0 Å². The van der Waals surface area contributed by atoms with Crippen molar-refractivity contribution in [3.8, 4) is 0 Å². The van der Waals surface area contributed by atoms with Gasteiger partial charge in [-0.2, -0.15) is 8.42 Å². The number of carbonyl (C=O) groups is 1. The van der Waals surface area contributed by atoms with E-state index in [4.69, 9.17) is 23.5 Å². The van der Waals surface area contributed by atoms with Gasteiger partial charge in [0.1, 0.15) is 30.5 Å². The molecule has 4 N–H and O–H groups in total. The molecule has 0 amide bonds. The van der Waals surface area contributed by atoms with Crippen molar-refractivity contribution in [2.75, 3.05) is 26.4 Å². The maximum absolute atomic E-state index is 12.1. The Labute approximate surface area is 264 Å². The van der Waals surface area contributed by atoms with E-state index in [-0.39, 0.29) is 19.6 Å². The van der Waals surface area contributed by atoms with E-state index in [1.165, 1.54) is 64.2 Å². The van der Waals surface area contributed by atoms with Crippen LogP contribution in [-0.4, -0.2) is 97.5 Å². The summed E-state index contributed by atoms with van der Waals surface area (Å²) in [6.45, 7) is 3.55. The Balaban J connectivity index is 2.32. The van der Waals surface area contributed by atoms with Gasteiger partial charge in [-0.1, -0.05) is 83.8 Å². The van der Waals surface area contributed by atoms with Gasteiger partial charge >= 0.3 is 16.4 Å². The topological polar surface area (TPSA) is 178 Å². The standard InChI is InChI=1S/C31H58O12S/c1-3-5-6-7-8-9-10-11-12-13-14-15-16-17-18-19-21-39-23-25(41-27(33)20-4-2)24-40-31-29(35)30(43-44(36,37)38)28(34)26(22-32)42-31/h11-12,25-26,28-32,34-35H,3-10,13-24H2,1-2H3,(H,36,37,38)/b12-11-. The van der Waals surface area contributed by atoms with Crippen LogP contribution in [0, 0.1) is 0 Å². The average Bonchev–Trinajstić information content (AvgIpc) is 2.97. The lowest BCUT2D eigenvalue weighted by Crippen LogP contribution is -2.60. The lowest BCUT2D eigenvalue weighted by Gasteiger charge is -2.41. The fourth-order valence-electron chi connectivity index (χ4n) is 4.88. The smallest absolute Gasteiger partial charge is 0.397 e. The first kappa shape index (κ1) is 40.9. The van der Waals surface area contributed by atoms with E-state index in [0.717, 1.165) is 25.7 Å². The zero-order chi connectivity index (χ0) is 32.6. The number of carbonyl (C=O) groups excluding carboxylic acids is 1. The molecule has 0 bridgehead atoms. The van der Waals surface area contributed by atoms with Crippen molar-refractivity contribution >= 4 is 16.4 Å². The third-order valence-electron chi connectivity index (χ3n) is 7.36. The monoisotopic (exact) mass is 654 g/mol. The number of esters is 1. The zero-order valence-electron chi connectivity index (χ0n) is 26.7. The highest BCUT2D eigenvalue weighted by molar-refractivity contribution is 7.80. The molecular weight excluding hydrogens is 596 g/mol. The molecule has 0 aromatic heterocycles. The maximum atomic E-state index is 12.1. The molecule has 0 radical (unpaired) electrons. The summed E-state index contributed by atoms with van der Waals surface area (Å²) in [4.78, 5) is 12.1. The number of aliphatic hydroxyl groups is 3. The molecular formula is C31H58O12S. The predicted molar refractivity (Wildman–Crippen MR) is 165 cm³/mol. The quantitative estimate of drug-likeness (QED) is 0.0425. The van der Waals surface area contributed by atoms with Crippen molar-refractivity contribution in [3.63, 3.8) is 0 Å². The molecule has 1 aliphatic heterocycles. The van der Waals surface area contributed by atoms with E-state index in [0.29, 0.717) is 13.0 Å². The minimum atomic E-state index is -5.04. The first-order chi connectivity index (χ1) is 21.1. The summed E-state index contributed by atoms with van der Waals surface area (Å²) in [5, 5.41) is 30.1. The zero-order valence-corrected chi connectivity index (χ0v) is 27.5. The highest BCUT2D eigenvalue weighted by Gasteiger charge is 2.48. The summed E-state index contributed by atoms with van der Waals surface area (Å²) in [6.07, 6.45) is 13.1. The van der Waals surface area contributed by atoms with Crippen molar-refractivity contribution in [1.29, 1.82) is 0 Å².